The average molecular weight is 173 g/mol. The Morgan fingerprint density at radius 1 is 1.00 bits per heavy atom. The van der Waals surface area contributed by atoms with Crippen molar-refractivity contribution >= 4 is 7.69 Å². The summed E-state index contributed by atoms with van der Waals surface area (Å²) in [5.41, 5.74) is 5.38. The topological polar surface area (TPSA) is 18.5 Å². The summed E-state index contributed by atoms with van der Waals surface area (Å²) >= 11 is 0. The molecule has 1 heterocycles. The van der Waals surface area contributed by atoms with Crippen molar-refractivity contribution in [2.45, 2.75) is 26.7 Å². The van der Waals surface area contributed by atoms with Crippen molar-refractivity contribution < 1.29 is 9.31 Å². The van der Waals surface area contributed by atoms with Gasteiger partial charge in [-0.2, -0.15) is 0 Å². The third-order valence-electron chi connectivity index (χ3n) is 3.20. The Kier molecular flexibility index (Phi) is 1.14. The maximum atomic E-state index is 5.36. The van der Waals surface area contributed by atoms with E-state index in [0.29, 0.717) is 5.92 Å². The van der Waals surface area contributed by atoms with Gasteiger partial charge in [-0.1, -0.05) is 6.92 Å². The van der Waals surface area contributed by atoms with Crippen molar-refractivity contribution in [3.63, 3.8) is 0 Å². The van der Waals surface area contributed by atoms with Crippen molar-refractivity contribution in [3.05, 3.63) is 22.3 Å². The molecule has 1 aromatic rings. The fourth-order valence-corrected chi connectivity index (χ4v) is 2.63. The molecule has 1 unspecified atom stereocenters. The molecule has 3 heteroatoms. The van der Waals surface area contributed by atoms with Crippen LogP contribution < -0.4 is 9.31 Å². The Labute approximate surface area is 78.2 Å². The van der Waals surface area contributed by atoms with Gasteiger partial charge < -0.3 is 9.31 Å². The Morgan fingerprint density at radius 3 is 2.38 bits per heavy atom. The number of rotatable bonds is 0. The van der Waals surface area contributed by atoms with Crippen LogP contribution in [0.5, 0.6) is 11.5 Å². The summed E-state index contributed by atoms with van der Waals surface area (Å²) in [4.78, 5) is 0. The Morgan fingerprint density at radius 2 is 1.69 bits per heavy atom. The molecule has 4 rings (SSSR count). The first-order chi connectivity index (χ1) is 6.22. The van der Waals surface area contributed by atoms with E-state index >= 15 is 0 Å². The maximum Gasteiger partial charge on any atom is 0.658 e. The Balaban J connectivity index is 2.37. The molecule has 1 aromatic carbocycles. The van der Waals surface area contributed by atoms with Crippen LogP contribution in [0.25, 0.3) is 0 Å². The summed E-state index contributed by atoms with van der Waals surface area (Å²) in [5, 5.41) is 0. The van der Waals surface area contributed by atoms with Crippen LogP contribution >= 0.6 is 0 Å². The van der Waals surface area contributed by atoms with E-state index < -0.39 is 0 Å². The largest absolute Gasteiger partial charge is 0.658 e. The van der Waals surface area contributed by atoms with Gasteiger partial charge in [-0.15, -0.1) is 0 Å². The summed E-state index contributed by atoms with van der Waals surface area (Å²) < 4.78 is 10.7. The van der Waals surface area contributed by atoms with Crippen LogP contribution in [0.4, 0.5) is 0 Å². The van der Waals surface area contributed by atoms with Gasteiger partial charge in [-0.3, -0.25) is 0 Å². The minimum Gasteiger partial charge on any atom is -0.523 e. The number of hydrogen-bond donors (Lipinski definition) is 0. The van der Waals surface area contributed by atoms with Gasteiger partial charge in [-0.25, -0.2) is 0 Å². The molecule has 3 aliphatic rings. The van der Waals surface area contributed by atoms with Crippen LogP contribution in [0, 0.1) is 13.8 Å². The van der Waals surface area contributed by atoms with Crippen molar-refractivity contribution in [1.29, 1.82) is 0 Å². The summed E-state index contributed by atoms with van der Waals surface area (Å²) in [6, 6.07) is 0. The third-order valence-corrected chi connectivity index (χ3v) is 3.20. The lowest BCUT2D eigenvalue weighted by molar-refractivity contribution is 0.538. The Bertz CT molecular complexity index is 408. The molecule has 0 saturated carbocycles. The minimum atomic E-state index is 0.536. The monoisotopic (exact) mass is 173 g/mol. The van der Waals surface area contributed by atoms with E-state index in [1.54, 1.807) is 0 Å². The molecule has 2 bridgehead atoms. The average Bonchev–Trinajstić information content (AvgIpc) is 2.53. The molecule has 2 nitrogen and oxygen atoms in total. The van der Waals surface area contributed by atoms with Gasteiger partial charge in [-0.05, 0) is 30.5 Å². The molecule has 0 N–H and O–H groups in total. The summed E-state index contributed by atoms with van der Waals surface area (Å²) in [6.07, 6.45) is 0. The van der Waals surface area contributed by atoms with E-state index in [1.165, 1.54) is 29.9 Å². The quantitative estimate of drug-likeness (QED) is 0.559. The van der Waals surface area contributed by atoms with Crippen molar-refractivity contribution in [3.8, 4) is 11.5 Å². The smallest absolute Gasteiger partial charge is 0.523 e. The minimum absolute atomic E-state index is 0.536. The van der Waals surface area contributed by atoms with Gasteiger partial charge >= 0.3 is 7.69 Å². The fourth-order valence-electron chi connectivity index (χ4n) is 2.63. The van der Waals surface area contributed by atoms with Crippen LogP contribution in [-0.2, 0) is 0 Å². The highest BCUT2D eigenvalue weighted by atomic mass is 16.6. The Hall–Kier alpha value is -1.12. The molecule has 13 heavy (non-hydrogen) atoms. The number of hydrogen-bond acceptors (Lipinski definition) is 2. The second kappa shape index (κ2) is 2.03. The molecular formula is C10H10BO2. The maximum absolute atomic E-state index is 5.36. The van der Waals surface area contributed by atoms with Crippen molar-refractivity contribution in [1.82, 2.24) is 0 Å². The lowest BCUT2D eigenvalue weighted by Gasteiger charge is -2.33. The summed E-state index contributed by atoms with van der Waals surface area (Å²) in [6.45, 7) is 6.47. The van der Waals surface area contributed by atoms with E-state index in [0.717, 1.165) is 11.5 Å². The lowest BCUT2D eigenvalue weighted by atomic mass is 9.72. The molecule has 0 amide bonds. The highest BCUT2D eigenvalue weighted by Gasteiger charge is 2.38. The van der Waals surface area contributed by atoms with Gasteiger partial charge in [0, 0.05) is 11.5 Å². The van der Waals surface area contributed by atoms with E-state index in [2.05, 4.69) is 20.8 Å². The fraction of sp³-hybridized carbons (Fsp3) is 0.400. The molecule has 0 aromatic heterocycles. The first kappa shape index (κ1) is 7.30. The van der Waals surface area contributed by atoms with E-state index in [4.69, 9.17) is 9.31 Å². The molecule has 1 atom stereocenters. The second-order valence-corrected chi connectivity index (χ2v) is 3.79. The molecule has 0 spiro atoms. The van der Waals surface area contributed by atoms with Crippen molar-refractivity contribution in [2.75, 3.05) is 0 Å². The standard InChI is InChI=1S/C10H10BO2/c1-4-7-5(2)8(4)10-9(6(7)3)12-11-13-10/h4H,1-3H3. The first-order valence-electron chi connectivity index (χ1n) is 4.53. The van der Waals surface area contributed by atoms with Gasteiger partial charge in [0.2, 0.25) is 0 Å². The third kappa shape index (κ3) is 0.632. The molecule has 2 aliphatic carbocycles. The van der Waals surface area contributed by atoms with Gasteiger partial charge in [0.05, 0.1) is 0 Å². The van der Waals surface area contributed by atoms with Gasteiger partial charge in [0.1, 0.15) is 11.5 Å². The predicted octanol–water partition coefficient (Wildman–Crippen LogP) is 2.07. The normalized spacial score (nSPS) is 21.0. The van der Waals surface area contributed by atoms with Gasteiger partial charge in [0.15, 0.2) is 0 Å². The molecular weight excluding hydrogens is 163 g/mol. The highest BCUT2D eigenvalue weighted by Crippen LogP contribution is 2.55. The van der Waals surface area contributed by atoms with Gasteiger partial charge in [0.25, 0.3) is 0 Å². The summed E-state index contributed by atoms with van der Waals surface area (Å²) in [7, 11) is 1.42. The first-order valence-corrected chi connectivity index (χ1v) is 4.53. The molecule has 1 aliphatic heterocycles. The predicted molar refractivity (Wildman–Crippen MR) is 50.4 cm³/mol. The van der Waals surface area contributed by atoms with Crippen LogP contribution in [0.15, 0.2) is 0 Å². The van der Waals surface area contributed by atoms with Crippen LogP contribution in [-0.4, -0.2) is 7.69 Å². The zero-order valence-corrected chi connectivity index (χ0v) is 7.97. The van der Waals surface area contributed by atoms with Crippen LogP contribution in [0.1, 0.15) is 35.1 Å². The molecule has 65 valence electrons. The number of benzene rings is 1. The number of aryl methyl sites for hydroxylation is 1. The zero-order valence-electron chi connectivity index (χ0n) is 7.97. The van der Waals surface area contributed by atoms with E-state index in [1.807, 2.05) is 0 Å². The van der Waals surface area contributed by atoms with E-state index in [-0.39, 0.29) is 0 Å². The van der Waals surface area contributed by atoms with Crippen LogP contribution in [0.2, 0.25) is 0 Å². The zero-order chi connectivity index (χ0) is 9.16. The second-order valence-electron chi connectivity index (χ2n) is 3.79. The lowest BCUT2D eigenvalue weighted by Crippen LogP contribution is -2.16. The van der Waals surface area contributed by atoms with Crippen molar-refractivity contribution in [2.24, 2.45) is 0 Å². The van der Waals surface area contributed by atoms with E-state index in [9.17, 15) is 0 Å². The summed E-state index contributed by atoms with van der Waals surface area (Å²) in [5.74, 6) is 2.40. The highest BCUT2D eigenvalue weighted by molar-refractivity contribution is 6.23. The molecule has 0 fully saturated rings. The van der Waals surface area contributed by atoms with Crippen LogP contribution in [0.3, 0.4) is 0 Å². The molecule has 1 radical (unpaired) electrons. The molecule has 0 saturated heterocycles. The SMILES string of the molecule is Cc1c2c(c3c(C)c1C3C)O[B]O2.